The van der Waals surface area contributed by atoms with Crippen molar-refractivity contribution in [3.8, 4) is 0 Å². The van der Waals surface area contributed by atoms with Crippen molar-refractivity contribution in [2.24, 2.45) is 0 Å². The SMILES string of the molecule is CN(C)CCCNS(=O)(=O)CCC(F)(F)CC(F)(C(F)(F)F)C(F)(F)F.CN(CCCNS(=O)(=O)CCC(F)(F)CC(F)(C(F)(F)F)C(F)(F)F)CC(=O)[O-].[CH2+]C. The molecule has 57 heavy (non-hydrogen) atoms. The van der Waals surface area contributed by atoms with E-state index in [4.69, 9.17) is 0 Å². The number of alkyl halides is 18. The molecule has 0 saturated heterocycles. The number of likely N-dealkylation sites (N-methyl/N-ethyl adjacent to an activating group) is 1. The van der Waals surface area contributed by atoms with E-state index < -0.39 is 118 Å². The van der Waals surface area contributed by atoms with Crippen molar-refractivity contribution < 1.29 is 106 Å². The third-order valence-corrected chi connectivity index (χ3v) is 9.59. The monoisotopic (exact) mass is 924 g/mol. The van der Waals surface area contributed by atoms with E-state index in [0.29, 0.717) is 13.0 Å². The van der Waals surface area contributed by atoms with Crippen LogP contribution in [-0.2, 0) is 24.8 Å². The van der Waals surface area contributed by atoms with Crippen molar-refractivity contribution in [1.29, 1.82) is 0 Å². The minimum Gasteiger partial charge on any atom is -0.549 e. The number of nitrogens with one attached hydrogen (secondary N) is 2. The molecule has 0 fully saturated rings. The van der Waals surface area contributed by atoms with E-state index >= 15 is 0 Å². The van der Waals surface area contributed by atoms with Crippen LogP contribution < -0.4 is 14.6 Å². The lowest BCUT2D eigenvalue weighted by atomic mass is 9.94. The zero-order valence-electron chi connectivity index (χ0n) is 30.4. The second-order valence-electron chi connectivity index (χ2n) is 12.2. The van der Waals surface area contributed by atoms with Gasteiger partial charge in [-0.1, -0.05) is 0 Å². The number of carbonyl (C=O) groups is 1. The van der Waals surface area contributed by atoms with Gasteiger partial charge in [-0.2, -0.15) is 52.7 Å². The summed E-state index contributed by atoms with van der Waals surface area (Å²) >= 11 is 0. The first kappa shape index (κ1) is 59.1. The maximum atomic E-state index is 13.5. The Kier molecular flexibility index (Phi) is 23.3. The average Bonchev–Trinajstić information content (AvgIpc) is 2.98. The highest BCUT2D eigenvalue weighted by Crippen LogP contribution is 2.53. The van der Waals surface area contributed by atoms with Gasteiger partial charge in [0.15, 0.2) is 0 Å². The predicted molar refractivity (Wildman–Crippen MR) is 165 cm³/mol. The molecule has 0 aliphatic carbocycles. The Labute approximate surface area is 316 Å². The Morgan fingerprint density at radius 1 is 0.561 bits per heavy atom. The summed E-state index contributed by atoms with van der Waals surface area (Å²) in [6.07, 6.45) is -36.7. The summed E-state index contributed by atoms with van der Waals surface area (Å²) < 4.78 is 278. The highest BCUT2D eigenvalue weighted by molar-refractivity contribution is 7.89. The summed E-state index contributed by atoms with van der Waals surface area (Å²) in [7, 11) is -4.18. The van der Waals surface area contributed by atoms with Crippen molar-refractivity contribution in [2.45, 2.75) is 93.3 Å². The maximum Gasteiger partial charge on any atom is 0.431 e. The van der Waals surface area contributed by atoms with Gasteiger partial charge in [0.1, 0.15) is 0 Å². The second-order valence-corrected chi connectivity index (χ2v) is 16.1. The fraction of sp³-hybridized carbons (Fsp3) is 0.926. The Balaban J connectivity index is -0.000000985. The van der Waals surface area contributed by atoms with Crippen molar-refractivity contribution in [2.75, 3.05) is 65.4 Å². The lowest BCUT2D eigenvalue weighted by Gasteiger charge is -2.32. The summed E-state index contributed by atoms with van der Waals surface area (Å²) in [5.74, 6) is -14.2. The Morgan fingerprint density at radius 3 is 1.09 bits per heavy atom. The summed E-state index contributed by atoms with van der Waals surface area (Å²) in [5.41, 5.74) is -12.4. The van der Waals surface area contributed by atoms with Crippen molar-refractivity contribution in [3.63, 3.8) is 0 Å². The van der Waals surface area contributed by atoms with Gasteiger partial charge in [0, 0.05) is 32.5 Å². The van der Waals surface area contributed by atoms with Gasteiger partial charge in [0.2, 0.25) is 20.0 Å². The third-order valence-electron chi connectivity index (χ3n) is 6.82. The molecule has 0 bridgehead atoms. The summed E-state index contributed by atoms with van der Waals surface area (Å²) in [4.78, 5) is 13.2. The Morgan fingerprint density at radius 2 is 0.842 bits per heavy atom. The Bertz CT molecular complexity index is 1380. The minimum absolute atomic E-state index is 0.00907. The van der Waals surface area contributed by atoms with E-state index in [-0.39, 0.29) is 26.1 Å². The van der Waals surface area contributed by atoms with E-state index in [2.05, 4.69) is 6.92 Å². The number of aliphatic carboxylic acids is 1. The molecule has 0 atom stereocenters. The molecule has 344 valence electrons. The smallest absolute Gasteiger partial charge is 0.431 e. The van der Waals surface area contributed by atoms with E-state index in [1.807, 2.05) is 4.72 Å². The standard InChI is InChI=1S/C13H19F9N2O4S.C12H19F9N2O2S.C2H5/c1-24(7-9(25)26)5-2-4-23-29(27,28)6-3-10(14,15)8-11(16,12(17,18)19)13(20,21)22;1-23(2)6-3-5-22-26(24,25)7-4-9(13,14)8-10(15,11(16,17)18)12(19,20)21;1-2/h23H,2-8H2,1H3,(H,25,26);22H,3-8H2,1-2H3;1H2,2H3/q;;+1/p-1. The third kappa shape index (κ3) is 22.7. The van der Waals surface area contributed by atoms with Gasteiger partial charge in [-0.15, -0.1) is 0 Å². The van der Waals surface area contributed by atoms with Crippen LogP contribution >= 0.6 is 0 Å². The molecule has 0 aromatic rings. The maximum absolute atomic E-state index is 13.5. The van der Waals surface area contributed by atoms with Gasteiger partial charge < -0.3 is 19.7 Å². The first-order valence-electron chi connectivity index (χ1n) is 15.6. The largest absolute Gasteiger partial charge is 0.549 e. The van der Waals surface area contributed by atoms with E-state index in [1.54, 1.807) is 30.6 Å². The molecule has 0 spiro atoms. The number of halogens is 18. The summed E-state index contributed by atoms with van der Waals surface area (Å²) in [5, 5.41) is 10.3. The van der Waals surface area contributed by atoms with Crippen molar-refractivity contribution in [3.05, 3.63) is 6.92 Å². The van der Waals surface area contributed by atoms with Crippen LogP contribution in [0.3, 0.4) is 0 Å². The van der Waals surface area contributed by atoms with Gasteiger partial charge in [-0.3, -0.25) is 0 Å². The fourth-order valence-corrected chi connectivity index (χ4v) is 6.16. The number of hydrogen-bond acceptors (Lipinski definition) is 8. The molecule has 0 amide bonds. The molecular weight excluding hydrogens is 882 g/mol. The zero-order valence-corrected chi connectivity index (χ0v) is 32.0. The van der Waals surface area contributed by atoms with E-state index in [9.17, 15) is 106 Å². The zero-order chi connectivity index (χ0) is 46.3. The minimum atomic E-state index is -6.68. The van der Waals surface area contributed by atoms with Gasteiger partial charge in [0.05, 0.1) is 44.2 Å². The lowest BCUT2D eigenvalue weighted by Crippen LogP contribution is -2.56. The molecule has 30 heteroatoms. The molecule has 2 N–H and O–H groups in total. The number of rotatable bonds is 22. The van der Waals surface area contributed by atoms with Gasteiger partial charge in [-0.25, -0.2) is 52.6 Å². The van der Waals surface area contributed by atoms with Gasteiger partial charge in [-0.05, 0) is 47.1 Å². The van der Waals surface area contributed by atoms with Crippen LogP contribution in [-0.4, -0.2) is 146 Å². The number of carboxylic acids is 1. The average molecular weight is 925 g/mol. The van der Waals surface area contributed by atoms with Gasteiger partial charge >= 0.3 is 36.0 Å². The molecule has 0 aromatic heterocycles. The van der Waals surface area contributed by atoms with Crippen LogP contribution in [0.15, 0.2) is 0 Å². The first-order valence-corrected chi connectivity index (χ1v) is 18.9. The molecule has 0 heterocycles. The van der Waals surface area contributed by atoms with Crippen molar-refractivity contribution in [1.82, 2.24) is 19.2 Å². The fourth-order valence-electron chi connectivity index (χ4n) is 3.82. The number of sulfonamides is 2. The van der Waals surface area contributed by atoms with Crippen LogP contribution in [0.2, 0.25) is 0 Å². The quantitative estimate of drug-likeness (QED) is 0.0863. The van der Waals surface area contributed by atoms with Gasteiger partial charge in [0.25, 0.3) is 11.8 Å². The molecule has 0 aliphatic rings. The summed E-state index contributed by atoms with van der Waals surface area (Å²) in [6, 6.07) is 0. The van der Waals surface area contributed by atoms with Crippen LogP contribution in [0.4, 0.5) is 79.0 Å². The number of carboxylic acid groups (broad SMARTS) is 1. The molecule has 0 radical (unpaired) electrons. The van der Waals surface area contributed by atoms with Crippen molar-refractivity contribution >= 4 is 26.0 Å². The molecule has 10 nitrogen and oxygen atoms in total. The topological polar surface area (TPSA) is 139 Å². The molecule has 0 saturated carbocycles. The molecule has 0 aromatic carbocycles. The number of hydrogen-bond donors (Lipinski definition) is 2. The molecule has 0 rings (SSSR count). The molecule has 0 unspecified atom stereocenters. The highest BCUT2D eigenvalue weighted by atomic mass is 32.2. The molecular formula is C27H42F18N4O6S2. The normalized spacial score (nSPS) is 14.2. The molecule has 0 aliphatic heterocycles. The van der Waals surface area contributed by atoms with E-state index in [1.165, 1.54) is 11.9 Å². The van der Waals surface area contributed by atoms with Crippen LogP contribution in [0.25, 0.3) is 0 Å². The second kappa shape index (κ2) is 22.4. The Hall–Kier alpha value is -2.18. The van der Waals surface area contributed by atoms with Crippen LogP contribution in [0.5, 0.6) is 0 Å². The summed E-state index contributed by atoms with van der Waals surface area (Å²) in [6.45, 7) is 4.49. The number of carbonyl (C=O) groups excluding carboxylic acids is 1. The van der Waals surface area contributed by atoms with Crippen LogP contribution in [0.1, 0.15) is 45.4 Å². The first-order chi connectivity index (χ1) is 25.1. The van der Waals surface area contributed by atoms with Crippen LogP contribution in [0, 0.1) is 6.92 Å². The predicted octanol–water partition coefficient (Wildman–Crippen LogP) is 5.17. The number of nitrogens with zero attached hydrogens (tertiary/aromatic N) is 2. The van der Waals surface area contributed by atoms with E-state index in [0.717, 1.165) is 0 Å². The lowest BCUT2D eigenvalue weighted by molar-refractivity contribution is -0.354. The highest BCUT2D eigenvalue weighted by Gasteiger charge is 2.75.